The van der Waals surface area contributed by atoms with E-state index >= 15 is 0 Å². The van der Waals surface area contributed by atoms with E-state index in [1.165, 1.54) is 7.11 Å². The fourth-order valence-corrected chi connectivity index (χ4v) is 1.28. The van der Waals surface area contributed by atoms with Crippen LogP contribution in [-0.2, 0) is 11.2 Å². The van der Waals surface area contributed by atoms with E-state index in [-0.39, 0.29) is 5.97 Å². The molecule has 1 aromatic carbocycles. The van der Waals surface area contributed by atoms with Crippen LogP contribution >= 0.6 is 0 Å². The van der Waals surface area contributed by atoms with Gasteiger partial charge in [0.1, 0.15) is 0 Å². The minimum atomic E-state index is -0.400. The van der Waals surface area contributed by atoms with Crippen LogP contribution in [0.1, 0.15) is 22.8 Å². The van der Waals surface area contributed by atoms with Crippen LogP contribution in [-0.4, -0.2) is 24.3 Å². The van der Waals surface area contributed by atoms with Gasteiger partial charge in [-0.05, 0) is 31.0 Å². The first kappa shape index (κ1) is 10.7. The Hall–Kier alpha value is -1.35. The number of rotatable bonds is 3. The first-order valence-electron chi connectivity index (χ1n) is 4.49. The number of esters is 1. The summed E-state index contributed by atoms with van der Waals surface area (Å²) in [6.45, 7) is 1.71. The molecule has 0 aliphatic carbocycles. The number of ether oxygens (including phenoxy) is 1. The van der Waals surface area contributed by atoms with E-state index in [4.69, 9.17) is 0 Å². The lowest BCUT2D eigenvalue weighted by atomic mass is 10.1. The Labute approximate surface area is 83.3 Å². The highest BCUT2D eigenvalue weighted by Gasteiger charge is 2.06. The van der Waals surface area contributed by atoms with Crippen LogP contribution in [0.5, 0.6) is 0 Å². The third-order valence-corrected chi connectivity index (χ3v) is 1.88. The van der Waals surface area contributed by atoms with Gasteiger partial charge in [0.2, 0.25) is 0 Å². The number of hydrogen-bond donors (Lipinski definition) is 1. The zero-order chi connectivity index (χ0) is 10.6. The van der Waals surface area contributed by atoms with Gasteiger partial charge >= 0.3 is 5.97 Å². The van der Waals surface area contributed by atoms with Crippen LogP contribution in [0, 0.1) is 0 Å². The Bertz CT molecular complexity index is 318. The minimum absolute atomic E-state index is 0.350. The van der Waals surface area contributed by atoms with Gasteiger partial charge in [-0.25, -0.2) is 4.79 Å². The van der Waals surface area contributed by atoms with Crippen molar-refractivity contribution in [3.8, 4) is 0 Å². The zero-order valence-corrected chi connectivity index (χ0v) is 8.36. The molecule has 0 saturated carbocycles. The number of carbonyl (C=O) groups is 1. The van der Waals surface area contributed by atoms with Crippen molar-refractivity contribution in [2.24, 2.45) is 0 Å². The molecule has 1 aromatic rings. The van der Waals surface area contributed by atoms with Gasteiger partial charge < -0.3 is 9.84 Å². The molecule has 76 valence electrons. The SMILES string of the molecule is COC(=O)c1cccc(C[C@H](C)O)c1. The summed E-state index contributed by atoms with van der Waals surface area (Å²) >= 11 is 0. The van der Waals surface area contributed by atoms with Crippen molar-refractivity contribution in [3.05, 3.63) is 35.4 Å². The van der Waals surface area contributed by atoms with E-state index in [9.17, 15) is 9.90 Å². The topological polar surface area (TPSA) is 46.5 Å². The number of benzene rings is 1. The van der Waals surface area contributed by atoms with Gasteiger partial charge in [0.05, 0.1) is 18.8 Å². The van der Waals surface area contributed by atoms with Gasteiger partial charge in [-0.15, -0.1) is 0 Å². The average molecular weight is 194 g/mol. The summed E-state index contributed by atoms with van der Waals surface area (Å²) in [6, 6.07) is 7.08. The summed E-state index contributed by atoms with van der Waals surface area (Å²) < 4.78 is 4.59. The lowest BCUT2D eigenvalue weighted by molar-refractivity contribution is 0.0600. The quantitative estimate of drug-likeness (QED) is 0.740. The zero-order valence-electron chi connectivity index (χ0n) is 8.36. The molecule has 0 aromatic heterocycles. The van der Waals surface area contributed by atoms with Gasteiger partial charge in [0.15, 0.2) is 0 Å². The molecule has 3 heteroatoms. The summed E-state index contributed by atoms with van der Waals surface area (Å²) in [5.41, 5.74) is 1.45. The first-order valence-corrected chi connectivity index (χ1v) is 4.49. The van der Waals surface area contributed by atoms with E-state index in [1.54, 1.807) is 25.1 Å². The average Bonchev–Trinajstić information content (AvgIpc) is 2.16. The van der Waals surface area contributed by atoms with Crippen LogP contribution in [0.4, 0.5) is 0 Å². The van der Waals surface area contributed by atoms with Crippen molar-refractivity contribution in [1.29, 1.82) is 0 Å². The van der Waals surface area contributed by atoms with E-state index in [1.807, 2.05) is 6.07 Å². The molecule has 0 heterocycles. The van der Waals surface area contributed by atoms with Crippen molar-refractivity contribution >= 4 is 5.97 Å². The summed E-state index contributed by atoms with van der Waals surface area (Å²) in [6.07, 6.45) is 0.146. The predicted octanol–water partition coefficient (Wildman–Crippen LogP) is 1.40. The molecule has 0 radical (unpaired) electrons. The van der Waals surface area contributed by atoms with E-state index < -0.39 is 6.10 Å². The maximum atomic E-state index is 11.2. The molecular weight excluding hydrogens is 180 g/mol. The minimum Gasteiger partial charge on any atom is -0.465 e. The number of methoxy groups -OCH3 is 1. The molecule has 1 rings (SSSR count). The van der Waals surface area contributed by atoms with Gasteiger partial charge in [0, 0.05) is 0 Å². The van der Waals surface area contributed by atoms with Gasteiger partial charge in [0.25, 0.3) is 0 Å². The molecule has 0 aliphatic rings. The summed E-state index contributed by atoms with van der Waals surface area (Å²) in [7, 11) is 1.35. The second-order valence-corrected chi connectivity index (χ2v) is 3.25. The van der Waals surface area contributed by atoms with Gasteiger partial charge in [-0.3, -0.25) is 0 Å². The fourth-order valence-electron chi connectivity index (χ4n) is 1.28. The maximum Gasteiger partial charge on any atom is 0.337 e. The second-order valence-electron chi connectivity index (χ2n) is 3.25. The monoisotopic (exact) mass is 194 g/mol. The first-order chi connectivity index (χ1) is 6.63. The molecule has 3 nitrogen and oxygen atoms in total. The Morgan fingerprint density at radius 3 is 2.86 bits per heavy atom. The van der Waals surface area contributed by atoms with Crippen molar-refractivity contribution in [2.45, 2.75) is 19.4 Å². The molecule has 14 heavy (non-hydrogen) atoms. The van der Waals surface area contributed by atoms with Crippen molar-refractivity contribution in [2.75, 3.05) is 7.11 Å². The maximum absolute atomic E-state index is 11.2. The van der Waals surface area contributed by atoms with Crippen molar-refractivity contribution in [3.63, 3.8) is 0 Å². The Morgan fingerprint density at radius 2 is 2.29 bits per heavy atom. The predicted molar refractivity (Wildman–Crippen MR) is 53.2 cm³/mol. The summed E-state index contributed by atoms with van der Waals surface area (Å²) in [5, 5.41) is 9.18. The summed E-state index contributed by atoms with van der Waals surface area (Å²) in [5.74, 6) is -0.350. The largest absolute Gasteiger partial charge is 0.465 e. The normalized spacial score (nSPS) is 12.2. The molecule has 0 fully saturated rings. The van der Waals surface area contributed by atoms with Crippen LogP contribution in [0.25, 0.3) is 0 Å². The molecule has 1 atom stereocenters. The number of aliphatic hydroxyl groups excluding tert-OH is 1. The van der Waals surface area contributed by atoms with Gasteiger partial charge in [-0.1, -0.05) is 12.1 Å². The standard InChI is InChI=1S/C11H14O3/c1-8(12)6-9-4-3-5-10(7-9)11(13)14-2/h3-5,7-8,12H,6H2,1-2H3/t8-/m0/s1. The molecule has 0 unspecified atom stereocenters. The number of aliphatic hydroxyl groups is 1. The third kappa shape index (κ3) is 2.85. The Kier molecular flexibility index (Phi) is 3.65. The van der Waals surface area contributed by atoms with Crippen molar-refractivity contribution in [1.82, 2.24) is 0 Å². The number of carbonyl (C=O) groups excluding carboxylic acids is 1. The van der Waals surface area contributed by atoms with E-state index in [2.05, 4.69) is 4.74 Å². The highest BCUT2D eigenvalue weighted by molar-refractivity contribution is 5.89. The highest BCUT2D eigenvalue weighted by atomic mass is 16.5. The molecular formula is C11H14O3. The third-order valence-electron chi connectivity index (χ3n) is 1.88. The Morgan fingerprint density at radius 1 is 1.57 bits per heavy atom. The second kappa shape index (κ2) is 4.77. The van der Waals surface area contributed by atoms with Crippen LogP contribution in [0.2, 0.25) is 0 Å². The van der Waals surface area contributed by atoms with E-state index in [0.29, 0.717) is 12.0 Å². The molecule has 1 N–H and O–H groups in total. The highest BCUT2D eigenvalue weighted by Crippen LogP contribution is 2.08. The summed E-state index contributed by atoms with van der Waals surface area (Å²) in [4.78, 5) is 11.2. The van der Waals surface area contributed by atoms with Crippen LogP contribution < -0.4 is 0 Å². The molecule has 0 aliphatic heterocycles. The van der Waals surface area contributed by atoms with Crippen LogP contribution in [0.15, 0.2) is 24.3 Å². The van der Waals surface area contributed by atoms with Gasteiger partial charge in [-0.2, -0.15) is 0 Å². The lowest BCUT2D eigenvalue weighted by Gasteiger charge is -2.05. The molecule has 0 bridgehead atoms. The molecule has 0 spiro atoms. The fraction of sp³-hybridized carbons (Fsp3) is 0.364. The Balaban J connectivity index is 2.84. The lowest BCUT2D eigenvalue weighted by Crippen LogP contribution is -2.06. The van der Waals surface area contributed by atoms with E-state index in [0.717, 1.165) is 5.56 Å². The van der Waals surface area contributed by atoms with Crippen LogP contribution in [0.3, 0.4) is 0 Å². The van der Waals surface area contributed by atoms with Crippen molar-refractivity contribution < 1.29 is 14.6 Å². The smallest absolute Gasteiger partial charge is 0.337 e. The number of hydrogen-bond acceptors (Lipinski definition) is 3. The molecule has 0 amide bonds. The molecule has 0 saturated heterocycles.